The standard InChI is InChI=1S/C23H18BrO2.Rh/c1-26-21(25)23(19-12-14-20(24)15-13-19)16-22(23,17-8-4-2-5-9-17)18-10-6-3-7-11-18;/h2-15H,1,16H2;/q-1;. The van der Waals surface area contributed by atoms with Crippen molar-refractivity contribution in [3.8, 4) is 0 Å². The number of esters is 1. The molecule has 3 aromatic rings. The van der Waals surface area contributed by atoms with Gasteiger partial charge in [0.2, 0.25) is 0 Å². The zero-order valence-electron chi connectivity index (χ0n) is 14.5. The van der Waals surface area contributed by atoms with Crippen molar-refractivity contribution in [3.05, 3.63) is 113 Å². The Morgan fingerprint density at radius 1 is 0.815 bits per heavy atom. The summed E-state index contributed by atoms with van der Waals surface area (Å²) >= 11 is 3.48. The molecular weight excluding hydrogens is 491 g/mol. The molecule has 0 heterocycles. The van der Waals surface area contributed by atoms with Crippen LogP contribution in [0.1, 0.15) is 23.1 Å². The van der Waals surface area contributed by atoms with Crippen molar-refractivity contribution in [1.29, 1.82) is 0 Å². The van der Waals surface area contributed by atoms with E-state index >= 15 is 0 Å². The van der Waals surface area contributed by atoms with E-state index < -0.39 is 10.8 Å². The molecule has 1 aliphatic rings. The van der Waals surface area contributed by atoms with E-state index in [1.54, 1.807) is 0 Å². The largest absolute Gasteiger partial charge is 0.639 e. The first kappa shape index (κ1) is 20.0. The molecule has 3 aromatic carbocycles. The summed E-state index contributed by atoms with van der Waals surface area (Å²) in [4.78, 5) is 13.0. The molecule has 1 fully saturated rings. The Hall–Kier alpha value is -1.77. The van der Waals surface area contributed by atoms with Gasteiger partial charge in [-0.25, -0.2) is 0 Å². The van der Waals surface area contributed by atoms with Gasteiger partial charge in [0.1, 0.15) is 5.41 Å². The van der Waals surface area contributed by atoms with Gasteiger partial charge in [-0.3, -0.25) is 4.79 Å². The first-order valence-corrected chi connectivity index (χ1v) is 9.28. The summed E-state index contributed by atoms with van der Waals surface area (Å²) in [6.07, 6.45) is 0.657. The summed E-state index contributed by atoms with van der Waals surface area (Å²) in [6, 6.07) is 28.3. The Morgan fingerprint density at radius 3 is 1.74 bits per heavy atom. The Kier molecular flexibility index (Phi) is 5.69. The molecule has 1 saturated carbocycles. The molecular formula is C23H18BrO2Rh-. The van der Waals surface area contributed by atoms with E-state index in [9.17, 15) is 4.79 Å². The number of ether oxygens (including phenoxy) is 1. The van der Waals surface area contributed by atoms with Gasteiger partial charge < -0.3 is 4.74 Å². The maximum absolute atomic E-state index is 13.0. The Balaban J connectivity index is 0.00000210. The molecule has 0 N–H and O–H groups in total. The molecule has 1 aliphatic carbocycles. The van der Waals surface area contributed by atoms with E-state index in [1.165, 1.54) is 0 Å². The fourth-order valence-corrected chi connectivity index (χ4v) is 4.50. The first-order valence-electron chi connectivity index (χ1n) is 8.49. The van der Waals surface area contributed by atoms with Crippen LogP contribution >= 0.6 is 15.9 Å². The third-order valence-corrected chi connectivity index (χ3v) is 6.01. The number of carbonyl (C=O) groups is 1. The summed E-state index contributed by atoms with van der Waals surface area (Å²) in [5, 5.41) is 0. The zero-order chi connectivity index (χ0) is 18.2. The topological polar surface area (TPSA) is 26.3 Å². The van der Waals surface area contributed by atoms with Gasteiger partial charge in [-0.05, 0) is 35.2 Å². The first-order chi connectivity index (χ1) is 12.6. The van der Waals surface area contributed by atoms with Crippen molar-refractivity contribution in [2.75, 3.05) is 0 Å². The van der Waals surface area contributed by atoms with Crippen LogP contribution in [0.15, 0.2) is 89.4 Å². The fraction of sp³-hybridized carbons (Fsp3) is 0.130. The monoisotopic (exact) mass is 508 g/mol. The number of hydrogen-bond acceptors (Lipinski definition) is 2. The van der Waals surface area contributed by atoms with E-state index in [1.807, 2.05) is 60.7 Å². The molecule has 139 valence electrons. The van der Waals surface area contributed by atoms with E-state index in [-0.39, 0.29) is 25.4 Å². The third kappa shape index (κ3) is 3.00. The summed E-state index contributed by atoms with van der Waals surface area (Å²) < 4.78 is 6.04. The van der Waals surface area contributed by atoms with Gasteiger partial charge in [0, 0.05) is 29.4 Å². The molecule has 1 radical (unpaired) electrons. The summed E-state index contributed by atoms with van der Waals surface area (Å²) in [5.41, 5.74) is 1.93. The van der Waals surface area contributed by atoms with Crippen LogP contribution in [-0.2, 0) is 39.8 Å². The smallest absolute Gasteiger partial charge is 0.286 e. The maximum atomic E-state index is 13.0. The Morgan fingerprint density at radius 2 is 1.30 bits per heavy atom. The summed E-state index contributed by atoms with van der Waals surface area (Å²) in [6.45, 7) is 0. The Bertz CT molecular complexity index is 886. The number of carbonyl (C=O) groups excluding carboxylic acids is 1. The molecule has 0 bridgehead atoms. The van der Waals surface area contributed by atoms with Crippen molar-refractivity contribution in [2.45, 2.75) is 17.3 Å². The van der Waals surface area contributed by atoms with Gasteiger partial charge in [0.25, 0.3) is 5.97 Å². The molecule has 0 aliphatic heterocycles. The summed E-state index contributed by atoms with van der Waals surface area (Å²) in [7, 11) is 3.43. The van der Waals surface area contributed by atoms with Gasteiger partial charge in [-0.1, -0.05) is 88.7 Å². The van der Waals surface area contributed by atoms with Crippen molar-refractivity contribution in [2.24, 2.45) is 0 Å². The predicted molar refractivity (Wildman–Crippen MR) is 106 cm³/mol. The molecule has 27 heavy (non-hydrogen) atoms. The van der Waals surface area contributed by atoms with Crippen molar-refractivity contribution >= 4 is 21.9 Å². The van der Waals surface area contributed by atoms with E-state index in [0.717, 1.165) is 21.2 Å². The number of hydrogen-bond donors (Lipinski definition) is 0. The number of halogens is 1. The van der Waals surface area contributed by atoms with Gasteiger partial charge in [-0.15, -0.1) is 0 Å². The fourth-order valence-electron chi connectivity index (χ4n) is 4.23. The Labute approximate surface area is 180 Å². The zero-order valence-corrected chi connectivity index (χ0v) is 17.7. The average Bonchev–Trinajstić information content (AvgIpc) is 3.42. The molecule has 2 nitrogen and oxygen atoms in total. The molecule has 0 aromatic heterocycles. The molecule has 0 spiro atoms. The van der Waals surface area contributed by atoms with Crippen LogP contribution in [0.2, 0.25) is 0 Å². The average molecular weight is 509 g/mol. The maximum Gasteiger partial charge on any atom is 0.286 e. The molecule has 4 rings (SSSR count). The van der Waals surface area contributed by atoms with Crippen molar-refractivity contribution in [1.82, 2.24) is 0 Å². The minimum Gasteiger partial charge on any atom is -0.639 e. The molecule has 0 saturated heterocycles. The van der Waals surface area contributed by atoms with Gasteiger partial charge >= 0.3 is 0 Å². The van der Waals surface area contributed by atoms with E-state index in [2.05, 4.69) is 47.3 Å². The SMILES string of the molecule is [CH2-]OC(=O)C1(c2ccc(Br)cc2)CC1(c1ccccc1)c1ccccc1.[Rh]. The molecule has 1 unspecified atom stereocenters. The second-order valence-electron chi connectivity index (χ2n) is 6.66. The van der Waals surface area contributed by atoms with E-state index in [0.29, 0.717) is 6.42 Å². The van der Waals surface area contributed by atoms with Crippen LogP contribution in [0.4, 0.5) is 0 Å². The minimum atomic E-state index is -0.780. The quantitative estimate of drug-likeness (QED) is 0.267. The third-order valence-electron chi connectivity index (χ3n) is 5.48. The van der Waals surface area contributed by atoms with Crippen LogP contribution < -0.4 is 0 Å². The predicted octanol–water partition coefficient (Wildman–Crippen LogP) is 5.41. The normalized spacial score (nSPS) is 19.6. The summed E-state index contributed by atoms with van der Waals surface area (Å²) in [5.74, 6) is -0.299. The van der Waals surface area contributed by atoms with Crippen LogP contribution in [0.5, 0.6) is 0 Å². The second-order valence-corrected chi connectivity index (χ2v) is 7.57. The second kappa shape index (κ2) is 7.69. The van der Waals surface area contributed by atoms with Crippen LogP contribution in [0.25, 0.3) is 0 Å². The molecule has 1 atom stereocenters. The van der Waals surface area contributed by atoms with E-state index in [4.69, 9.17) is 4.74 Å². The van der Waals surface area contributed by atoms with Crippen LogP contribution in [0, 0.1) is 7.11 Å². The molecule has 4 heteroatoms. The van der Waals surface area contributed by atoms with Crippen LogP contribution in [0.3, 0.4) is 0 Å². The van der Waals surface area contributed by atoms with Gasteiger partial charge in [0.05, 0.1) is 0 Å². The van der Waals surface area contributed by atoms with Crippen LogP contribution in [-0.4, -0.2) is 5.97 Å². The van der Waals surface area contributed by atoms with Gasteiger partial charge in [0.15, 0.2) is 0 Å². The minimum absolute atomic E-state index is 0. The number of benzene rings is 3. The number of rotatable bonds is 4. The van der Waals surface area contributed by atoms with Crippen molar-refractivity contribution < 1.29 is 29.0 Å². The molecule has 0 amide bonds. The van der Waals surface area contributed by atoms with Crippen molar-refractivity contribution in [3.63, 3.8) is 0 Å². The van der Waals surface area contributed by atoms with Gasteiger partial charge in [-0.2, -0.15) is 7.11 Å².